The van der Waals surface area contributed by atoms with Gasteiger partial charge in [-0.15, -0.1) is 5.10 Å². The number of nitrogens with zero attached hydrogens (tertiary/aromatic N) is 6. The zero-order valence-corrected chi connectivity index (χ0v) is 10.9. The molecule has 0 unspecified atom stereocenters. The van der Waals surface area contributed by atoms with Crippen LogP contribution in [0, 0.1) is 0 Å². The first kappa shape index (κ1) is 12.3. The molecular formula is C12H13N7O. The van der Waals surface area contributed by atoms with Gasteiger partial charge in [-0.05, 0) is 18.6 Å². The largest absolute Gasteiger partial charge is 0.463 e. The molecule has 2 aromatic heterocycles. The third-order valence-corrected chi connectivity index (χ3v) is 2.60. The van der Waals surface area contributed by atoms with Crippen molar-refractivity contribution in [3.05, 3.63) is 24.3 Å². The van der Waals surface area contributed by atoms with Gasteiger partial charge in [0.1, 0.15) is 5.52 Å². The molecule has 0 atom stereocenters. The Hall–Kier alpha value is -2.77. The summed E-state index contributed by atoms with van der Waals surface area (Å²) in [5, 5.41) is 8.08. The standard InChI is InChI=1S/C12H13N7O/c1-2-7-20-12-15-10(13)14-11(16-12)19-9-6-4-3-5-8(9)17-18-19/h3-6H,2,7H2,1H3,(H2,13,14,15,16). The van der Waals surface area contributed by atoms with Crippen LogP contribution in [0.1, 0.15) is 13.3 Å². The SMILES string of the molecule is CCCOc1nc(N)nc(-n2nnc3ccccc32)n1. The third kappa shape index (κ3) is 2.22. The van der Waals surface area contributed by atoms with E-state index in [1.165, 1.54) is 4.68 Å². The van der Waals surface area contributed by atoms with E-state index < -0.39 is 0 Å². The van der Waals surface area contributed by atoms with Crippen LogP contribution in [0.15, 0.2) is 24.3 Å². The second-order valence-electron chi connectivity index (χ2n) is 4.11. The van der Waals surface area contributed by atoms with Gasteiger partial charge in [-0.2, -0.15) is 19.6 Å². The summed E-state index contributed by atoms with van der Waals surface area (Å²) < 4.78 is 6.89. The maximum Gasteiger partial charge on any atom is 0.323 e. The lowest BCUT2D eigenvalue weighted by atomic mass is 10.3. The lowest BCUT2D eigenvalue weighted by Crippen LogP contribution is -2.10. The van der Waals surface area contributed by atoms with Crippen molar-refractivity contribution < 1.29 is 4.74 Å². The van der Waals surface area contributed by atoms with E-state index in [0.717, 1.165) is 17.5 Å². The van der Waals surface area contributed by atoms with Gasteiger partial charge in [0.05, 0.1) is 12.1 Å². The van der Waals surface area contributed by atoms with Crippen molar-refractivity contribution in [3.63, 3.8) is 0 Å². The Bertz CT molecular complexity index is 740. The molecule has 20 heavy (non-hydrogen) atoms. The van der Waals surface area contributed by atoms with E-state index >= 15 is 0 Å². The summed E-state index contributed by atoms with van der Waals surface area (Å²) in [5.74, 6) is 0.373. The molecular weight excluding hydrogens is 258 g/mol. The maximum absolute atomic E-state index is 5.68. The lowest BCUT2D eigenvalue weighted by molar-refractivity contribution is 0.291. The van der Waals surface area contributed by atoms with Crippen molar-refractivity contribution in [2.75, 3.05) is 12.3 Å². The Labute approximate surface area is 114 Å². The summed E-state index contributed by atoms with van der Waals surface area (Å²) in [6.07, 6.45) is 0.854. The van der Waals surface area contributed by atoms with E-state index in [9.17, 15) is 0 Å². The Kier molecular flexibility index (Phi) is 3.12. The van der Waals surface area contributed by atoms with Crippen molar-refractivity contribution >= 4 is 17.0 Å². The first-order valence-corrected chi connectivity index (χ1v) is 6.23. The summed E-state index contributed by atoms with van der Waals surface area (Å²) in [6.45, 7) is 2.51. The summed E-state index contributed by atoms with van der Waals surface area (Å²) in [5.41, 5.74) is 7.22. The normalized spacial score (nSPS) is 10.8. The van der Waals surface area contributed by atoms with Crippen LogP contribution >= 0.6 is 0 Å². The van der Waals surface area contributed by atoms with Gasteiger partial charge in [-0.3, -0.25) is 0 Å². The van der Waals surface area contributed by atoms with E-state index in [0.29, 0.717) is 6.61 Å². The third-order valence-electron chi connectivity index (χ3n) is 2.60. The smallest absolute Gasteiger partial charge is 0.323 e. The van der Waals surface area contributed by atoms with E-state index in [4.69, 9.17) is 10.5 Å². The second kappa shape index (κ2) is 5.08. The van der Waals surface area contributed by atoms with E-state index in [2.05, 4.69) is 25.3 Å². The predicted octanol–water partition coefficient (Wildman–Crippen LogP) is 0.976. The molecule has 0 aliphatic carbocycles. The maximum atomic E-state index is 5.68. The summed E-state index contributed by atoms with van der Waals surface area (Å²) in [4.78, 5) is 12.2. The number of nitrogen functional groups attached to an aromatic ring is 1. The average Bonchev–Trinajstić information content (AvgIpc) is 2.88. The molecule has 0 aliphatic rings. The van der Waals surface area contributed by atoms with Crippen LogP contribution in [-0.4, -0.2) is 36.6 Å². The van der Waals surface area contributed by atoms with Gasteiger partial charge in [0.2, 0.25) is 5.95 Å². The average molecular weight is 271 g/mol. The molecule has 8 nitrogen and oxygen atoms in total. The number of hydrogen-bond donors (Lipinski definition) is 1. The Balaban J connectivity index is 2.07. The fraction of sp³-hybridized carbons (Fsp3) is 0.250. The molecule has 0 radical (unpaired) electrons. The highest BCUT2D eigenvalue weighted by Crippen LogP contribution is 2.15. The number of ether oxygens (including phenoxy) is 1. The monoisotopic (exact) mass is 271 g/mol. The number of para-hydroxylation sites is 1. The van der Waals surface area contributed by atoms with E-state index in [-0.39, 0.29) is 17.9 Å². The van der Waals surface area contributed by atoms with Crippen molar-refractivity contribution in [2.45, 2.75) is 13.3 Å². The fourth-order valence-electron chi connectivity index (χ4n) is 1.73. The molecule has 0 spiro atoms. The Morgan fingerprint density at radius 3 is 2.90 bits per heavy atom. The van der Waals surface area contributed by atoms with Gasteiger partial charge in [-0.1, -0.05) is 24.3 Å². The summed E-state index contributed by atoms with van der Waals surface area (Å²) in [7, 11) is 0. The van der Waals surface area contributed by atoms with Crippen LogP contribution in [0.3, 0.4) is 0 Å². The van der Waals surface area contributed by atoms with Gasteiger partial charge >= 0.3 is 6.01 Å². The molecule has 0 fully saturated rings. The van der Waals surface area contributed by atoms with E-state index in [1.54, 1.807) is 0 Å². The molecule has 3 aromatic rings. The van der Waals surface area contributed by atoms with E-state index in [1.807, 2.05) is 31.2 Å². The molecule has 0 saturated heterocycles. The number of anilines is 1. The minimum atomic E-state index is 0.0840. The molecule has 0 amide bonds. The minimum Gasteiger partial charge on any atom is -0.463 e. The fourth-order valence-corrected chi connectivity index (χ4v) is 1.73. The first-order valence-electron chi connectivity index (χ1n) is 6.23. The van der Waals surface area contributed by atoms with Crippen LogP contribution in [0.2, 0.25) is 0 Å². The number of fused-ring (bicyclic) bond motifs is 1. The number of nitrogens with two attached hydrogens (primary N) is 1. The molecule has 0 saturated carbocycles. The second-order valence-corrected chi connectivity index (χ2v) is 4.11. The highest BCUT2D eigenvalue weighted by molar-refractivity contribution is 5.75. The quantitative estimate of drug-likeness (QED) is 0.753. The highest BCUT2D eigenvalue weighted by Gasteiger charge is 2.11. The molecule has 8 heteroatoms. The van der Waals surface area contributed by atoms with Gasteiger partial charge in [0, 0.05) is 0 Å². The number of benzene rings is 1. The van der Waals surface area contributed by atoms with Crippen molar-refractivity contribution in [1.82, 2.24) is 29.9 Å². The molecule has 2 N–H and O–H groups in total. The van der Waals surface area contributed by atoms with Gasteiger partial charge < -0.3 is 10.5 Å². The van der Waals surface area contributed by atoms with Crippen molar-refractivity contribution in [3.8, 4) is 12.0 Å². The molecule has 1 aromatic carbocycles. The molecule has 0 aliphatic heterocycles. The van der Waals surface area contributed by atoms with Gasteiger partial charge in [0.15, 0.2) is 0 Å². The summed E-state index contributed by atoms with van der Waals surface area (Å²) in [6, 6.07) is 7.70. The Morgan fingerprint density at radius 2 is 2.05 bits per heavy atom. The van der Waals surface area contributed by atoms with Crippen molar-refractivity contribution in [2.24, 2.45) is 0 Å². The molecule has 2 heterocycles. The van der Waals surface area contributed by atoms with Crippen LogP contribution < -0.4 is 10.5 Å². The van der Waals surface area contributed by atoms with Gasteiger partial charge in [-0.25, -0.2) is 0 Å². The van der Waals surface area contributed by atoms with Gasteiger partial charge in [0.25, 0.3) is 5.95 Å². The molecule has 3 rings (SSSR count). The lowest BCUT2D eigenvalue weighted by Gasteiger charge is -2.05. The molecule has 0 bridgehead atoms. The van der Waals surface area contributed by atoms with Crippen LogP contribution in [0.4, 0.5) is 5.95 Å². The molecule has 102 valence electrons. The predicted molar refractivity (Wildman–Crippen MR) is 72.4 cm³/mol. The van der Waals surface area contributed by atoms with Crippen molar-refractivity contribution in [1.29, 1.82) is 0 Å². The van der Waals surface area contributed by atoms with Crippen LogP contribution in [0.5, 0.6) is 6.01 Å². The number of rotatable bonds is 4. The highest BCUT2D eigenvalue weighted by atomic mass is 16.5. The zero-order valence-electron chi connectivity index (χ0n) is 10.9. The number of hydrogen-bond acceptors (Lipinski definition) is 7. The zero-order chi connectivity index (χ0) is 13.9. The van der Waals surface area contributed by atoms with Crippen LogP contribution in [-0.2, 0) is 0 Å². The Morgan fingerprint density at radius 1 is 1.20 bits per heavy atom. The minimum absolute atomic E-state index is 0.0840. The summed E-state index contributed by atoms with van der Waals surface area (Å²) >= 11 is 0. The number of aromatic nitrogens is 6. The first-order chi connectivity index (χ1) is 9.78. The van der Waals surface area contributed by atoms with Crippen LogP contribution in [0.25, 0.3) is 17.0 Å². The topological polar surface area (TPSA) is 105 Å².